The van der Waals surface area contributed by atoms with Crippen LogP contribution in [0.25, 0.3) is 10.8 Å². The summed E-state index contributed by atoms with van der Waals surface area (Å²) >= 11 is 0. The van der Waals surface area contributed by atoms with Crippen molar-refractivity contribution in [2.45, 2.75) is 6.67 Å². The maximum absolute atomic E-state index is 12.4. The van der Waals surface area contributed by atoms with Crippen LogP contribution in [0.3, 0.4) is 0 Å². The third-order valence-corrected chi connectivity index (χ3v) is 2.30. The Bertz CT molecular complexity index is 548. The van der Waals surface area contributed by atoms with E-state index in [1.165, 1.54) is 19.4 Å². The number of benzene rings is 1. The summed E-state index contributed by atoms with van der Waals surface area (Å²) in [4.78, 5) is 14.0. The Hall–Kier alpha value is -1.84. The zero-order valence-electron chi connectivity index (χ0n) is 8.21. The molecule has 4 heteroatoms. The molecule has 0 aliphatic rings. The molecular formula is C11H10FNO2. The fraction of sp³-hybridized carbons (Fsp3) is 0.182. The first-order valence-electron chi connectivity index (χ1n) is 4.50. The van der Waals surface area contributed by atoms with Gasteiger partial charge in [-0.3, -0.25) is 4.79 Å². The number of fused-ring (bicyclic) bond motifs is 1. The quantitative estimate of drug-likeness (QED) is 0.818. The Balaban J connectivity index is 2.81. The van der Waals surface area contributed by atoms with E-state index < -0.39 is 6.67 Å². The van der Waals surface area contributed by atoms with Crippen molar-refractivity contribution < 1.29 is 9.13 Å². The molecule has 2 rings (SSSR count). The molecular weight excluding hydrogens is 197 g/mol. The van der Waals surface area contributed by atoms with Gasteiger partial charge in [0.15, 0.2) is 0 Å². The van der Waals surface area contributed by atoms with Gasteiger partial charge < -0.3 is 9.72 Å². The van der Waals surface area contributed by atoms with Crippen LogP contribution < -0.4 is 10.3 Å². The standard InChI is InChI=1S/C11H10FNO2/c1-15-10-6-13-11(14)9-4-7(5-12)2-3-8(9)10/h2-4,6H,5H2,1H3,(H,13,14). The SMILES string of the molecule is COc1c[nH]c(=O)c2cc(CF)ccc12. The smallest absolute Gasteiger partial charge is 0.256 e. The van der Waals surface area contributed by atoms with Crippen molar-refractivity contribution in [1.29, 1.82) is 0 Å². The minimum Gasteiger partial charge on any atom is -0.495 e. The van der Waals surface area contributed by atoms with Gasteiger partial charge in [-0.05, 0) is 11.6 Å². The van der Waals surface area contributed by atoms with Crippen LogP contribution in [0.15, 0.2) is 29.2 Å². The first-order chi connectivity index (χ1) is 7.26. The van der Waals surface area contributed by atoms with Crippen LogP contribution in [0.4, 0.5) is 4.39 Å². The molecule has 0 amide bonds. The van der Waals surface area contributed by atoms with E-state index in [1.807, 2.05) is 0 Å². The molecule has 3 nitrogen and oxygen atoms in total. The van der Waals surface area contributed by atoms with Crippen molar-refractivity contribution in [1.82, 2.24) is 4.98 Å². The van der Waals surface area contributed by atoms with Gasteiger partial charge in [0, 0.05) is 11.6 Å². The maximum atomic E-state index is 12.4. The van der Waals surface area contributed by atoms with E-state index in [1.54, 1.807) is 12.1 Å². The first-order valence-corrected chi connectivity index (χ1v) is 4.50. The zero-order chi connectivity index (χ0) is 10.8. The minimum absolute atomic E-state index is 0.235. The lowest BCUT2D eigenvalue weighted by molar-refractivity contribution is 0.418. The fourth-order valence-electron chi connectivity index (χ4n) is 1.53. The highest BCUT2D eigenvalue weighted by molar-refractivity contribution is 5.87. The number of ether oxygens (including phenoxy) is 1. The Morgan fingerprint density at radius 1 is 1.40 bits per heavy atom. The summed E-state index contributed by atoms with van der Waals surface area (Å²) in [5, 5.41) is 1.14. The molecule has 0 atom stereocenters. The molecule has 1 N–H and O–H groups in total. The number of methoxy groups -OCH3 is 1. The van der Waals surface area contributed by atoms with Gasteiger partial charge >= 0.3 is 0 Å². The summed E-state index contributed by atoms with van der Waals surface area (Å²) in [6.45, 7) is -0.577. The zero-order valence-corrected chi connectivity index (χ0v) is 8.21. The third kappa shape index (κ3) is 1.58. The van der Waals surface area contributed by atoms with Gasteiger partial charge in [-0.15, -0.1) is 0 Å². The van der Waals surface area contributed by atoms with Gasteiger partial charge in [0.05, 0.1) is 12.5 Å². The van der Waals surface area contributed by atoms with Crippen LogP contribution in [0, 0.1) is 0 Å². The van der Waals surface area contributed by atoms with E-state index in [0.717, 1.165) is 0 Å². The Morgan fingerprint density at radius 2 is 2.20 bits per heavy atom. The number of alkyl halides is 1. The second kappa shape index (κ2) is 3.73. The molecule has 0 saturated heterocycles. The van der Waals surface area contributed by atoms with Gasteiger partial charge in [0.2, 0.25) is 0 Å². The maximum Gasteiger partial charge on any atom is 0.256 e. The van der Waals surface area contributed by atoms with Crippen LogP contribution in [-0.4, -0.2) is 12.1 Å². The molecule has 0 fully saturated rings. The molecule has 0 spiro atoms. The van der Waals surface area contributed by atoms with E-state index in [0.29, 0.717) is 22.1 Å². The monoisotopic (exact) mass is 207 g/mol. The molecule has 0 saturated carbocycles. The molecule has 15 heavy (non-hydrogen) atoms. The summed E-state index contributed by atoms with van der Waals surface area (Å²) in [6.07, 6.45) is 1.50. The van der Waals surface area contributed by atoms with E-state index in [4.69, 9.17) is 4.74 Å². The molecule has 0 aliphatic heterocycles. The molecule has 0 bridgehead atoms. The Labute approximate surface area is 85.5 Å². The topological polar surface area (TPSA) is 42.1 Å². The van der Waals surface area contributed by atoms with Crippen molar-refractivity contribution in [3.63, 3.8) is 0 Å². The third-order valence-electron chi connectivity index (χ3n) is 2.30. The predicted molar refractivity (Wildman–Crippen MR) is 55.9 cm³/mol. The van der Waals surface area contributed by atoms with Crippen molar-refractivity contribution in [2.24, 2.45) is 0 Å². The first kappa shape index (κ1) is 9.71. The Kier molecular flexibility index (Phi) is 2.41. The summed E-state index contributed by atoms with van der Waals surface area (Å²) in [5.41, 5.74) is 0.252. The predicted octanol–water partition coefficient (Wildman–Crippen LogP) is 2.01. The number of pyridine rings is 1. The number of hydrogen-bond donors (Lipinski definition) is 1. The highest BCUT2D eigenvalue weighted by Gasteiger charge is 2.05. The largest absolute Gasteiger partial charge is 0.495 e. The second-order valence-electron chi connectivity index (χ2n) is 3.20. The lowest BCUT2D eigenvalue weighted by atomic mass is 10.1. The van der Waals surface area contributed by atoms with E-state index in [2.05, 4.69) is 4.98 Å². The number of aromatic nitrogens is 1. The lowest BCUT2D eigenvalue weighted by Gasteiger charge is -2.04. The minimum atomic E-state index is -0.577. The van der Waals surface area contributed by atoms with E-state index in [-0.39, 0.29) is 5.56 Å². The average Bonchev–Trinajstić information content (AvgIpc) is 2.29. The van der Waals surface area contributed by atoms with Gasteiger partial charge in [-0.2, -0.15) is 0 Å². The molecule has 2 aromatic rings. The number of aromatic amines is 1. The van der Waals surface area contributed by atoms with Crippen molar-refractivity contribution in [2.75, 3.05) is 7.11 Å². The van der Waals surface area contributed by atoms with E-state index >= 15 is 0 Å². The summed E-state index contributed by atoms with van der Waals surface area (Å²) in [5.74, 6) is 0.579. The second-order valence-corrected chi connectivity index (χ2v) is 3.20. The van der Waals surface area contributed by atoms with Crippen LogP contribution in [-0.2, 0) is 6.67 Å². The molecule has 1 aromatic carbocycles. The van der Waals surface area contributed by atoms with Crippen molar-refractivity contribution >= 4 is 10.8 Å². The molecule has 0 radical (unpaired) electrons. The number of rotatable bonds is 2. The number of nitrogens with one attached hydrogen (secondary N) is 1. The number of H-pyrrole nitrogens is 1. The van der Waals surface area contributed by atoms with Crippen LogP contribution >= 0.6 is 0 Å². The summed E-state index contributed by atoms with van der Waals surface area (Å²) in [7, 11) is 1.52. The van der Waals surface area contributed by atoms with Crippen LogP contribution in [0.1, 0.15) is 5.56 Å². The van der Waals surface area contributed by atoms with Crippen molar-refractivity contribution in [3.05, 3.63) is 40.3 Å². The molecule has 1 heterocycles. The Morgan fingerprint density at radius 3 is 2.87 bits per heavy atom. The van der Waals surface area contributed by atoms with E-state index in [9.17, 15) is 9.18 Å². The molecule has 0 aliphatic carbocycles. The normalized spacial score (nSPS) is 10.5. The van der Waals surface area contributed by atoms with Gasteiger partial charge in [0.1, 0.15) is 12.4 Å². The van der Waals surface area contributed by atoms with Gasteiger partial charge in [-0.25, -0.2) is 4.39 Å². The van der Waals surface area contributed by atoms with Crippen LogP contribution in [0.5, 0.6) is 5.75 Å². The summed E-state index contributed by atoms with van der Waals surface area (Å²) in [6, 6.07) is 4.87. The highest BCUT2D eigenvalue weighted by Crippen LogP contribution is 2.22. The number of halogens is 1. The highest BCUT2D eigenvalue weighted by atomic mass is 19.1. The van der Waals surface area contributed by atoms with Gasteiger partial charge in [-0.1, -0.05) is 12.1 Å². The van der Waals surface area contributed by atoms with Crippen molar-refractivity contribution in [3.8, 4) is 5.75 Å². The van der Waals surface area contributed by atoms with Gasteiger partial charge in [0.25, 0.3) is 5.56 Å². The summed E-state index contributed by atoms with van der Waals surface area (Å²) < 4.78 is 17.5. The molecule has 1 aromatic heterocycles. The molecule has 0 unspecified atom stereocenters. The van der Waals surface area contributed by atoms with Crippen LogP contribution in [0.2, 0.25) is 0 Å². The molecule has 78 valence electrons. The average molecular weight is 207 g/mol. The number of hydrogen-bond acceptors (Lipinski definition) is 2. The lowest BCUT2D eigenvalue weighted by Crippen LogP contribution is -2.06. The fourth-order valence-corrected chi connectivity index (χ4v) is 1.53.